The molecule has 1 aromatic heterocycles. The van der Waals surface area contributed by atoms with Crippen molar-refractivity contribution in [2.24, 2.45) is 0 Å². The second-order valence-electron chi connectivity index (χ2n) is 8.56. The molecule has 0 amide bonds. The zero-order chi connectivity index (χ0) is 18.9. The Bertz CT molecular complexity index is 808. The van der Waals surface area contributed by atoms with Crippen molar-refractivity contribution in [1.82, 2.24) is 4.98 Å². The Labute approximate surface area is 161 Å². The number of hydrogen-bond acceptors (Lipinski definition) is 3. The molecule has 0 bridgehead atoms. The molecule has 0 saturated heterocycles. The maximum absolute atomic E-state index is 13.0. The van der Waals surface area contributed by atoms with Crippen LogP contribution in [0.15, 0.2) is 41.6 Å². The minimum atomic E-state index is 0.125. The van der Waals surface area contributed by atoms with Crippen molar-refractivity contribution in [3.05, 3.63) is 58.8 Å². The van der Waals surface area contributed by atoms with Crippen LogP contribution in [0, 0.1) is 0 Å². The van der Waals surface area contributed by atoms with Gasteiger partial charge in [0.05, 0.1) is 10.8 Å². The van der Waals surface area contributed by atoms with Gasteiger partial charge in [-0.25, -0.2) is 4.98 Å². The Morgan fingerprint density at radius 3 is 2.31 bits per heavy atom. The van der Waals surface area contributed by atoms with Crippen LogP contribution >= 0.6 is 11.8 Å². The normalized spacial score (nSPS) is 17.6. The maximum Gasteiger partial charge on any atom is 0.173 e. The van der Waals surface area contributed by atoms with E-state index >= 15 is 0 Å². The molecule has 138 valence electrons. The van der Waals surface area contributed by atoms with E-state index in [1.165, 1.54) is 34.9 Å². The fraction of sp³-hybridized carbons (Fsp3) is 0.478. The van der Waals surface area contributed by atoms with Crippen LogP contribution in [0.2, 0.25) is 0 Å². The number of thioether (sulfide) groups is 1. The van der Waals surface area contributed by atoms with Crippen molar-refractivity contribution in [2.45, 2.75) is 69.7 Å². The quantitative estimate of drug-likeness (QED) is 0.482. The van der Waals surface area contributed by atoms with E-state index in [-0.39, 0.29) is 16.6 Å². The molecule has 0 radical (unpaired) electrons. The summed E-state index contributed by atoms with van der Waals surface area (Å²) < 4.78 is 0. The first-order chi connectivity index (χ1) is 12.2. The van der Waals surface area contributed by atoms with Crippen molar-refractivity contribution in [1.29, 1.82) is 0 Å². The summed E-state index contributed by atoms with van der Waals surface area (Å²) in [6, 6.07) is 10.3. The minimum absolute atomic E-state index is 0.125. The molecule has 0 aliphatic heterocycles. The van der Waals surface area contributed by atoms with Crippen molar-refractivity contribution in [2.75, 3.05) is 5.75 Å². The monoisotopic (exact) mass is 367 g/mol. The molecule has 1 aliphatic rings. The highest BCUT2D eigenvalue weighted by Crippen LogP contribution is 2.46. The summed E-state index contributed by atoms with van der Waals surface area (Å²) in [6.07, 6.45) is 5.01. The molecule has 26 heavy (non-hydrogen) atoms. The molecule has 0 saturated carbocycles. The predicted octanol–water partition coefficient (Wildman–Crippen LogP) is 5.97. The molecule has 0 atom stereocenters. The van der Waals surface area contributed by atoms with E-state index in [0.717, 1.165) is 23.4 Å². The largest absolute Gasteiger partial charge is 0.293 e. The van der Waals surface area contributed by atoms with Crippen LogP contribution in [0.4, 0.5) is 0 Å². The summed E-state index contributed by atoms with van der Waals surface area (Å²) >= 11 is 1.52. The lowest BCUT2D eigenvalue weighted by molar-refractivity contribution is 0.102. The highest BCUT2D eigenvalue weighted by Gasteiger charge is 2.37. The molecule has 2 aromatic rings. The third kappa shape index (κ3) is 3.73. The fourth-order valence-corrected chi connectivity index (χ4v) is 4.61. The molecule has 0 spiro atoms. The van der Waals surface area contributed by atoms with Crippen LogP contribution in [-0.4, -0.2) is 16.5 Å². The van der Waals surface area contributed by atoms with Crippen LogP contribution in [0.1, 0.15) is 74.5 Å². The van der Waals surface area contributed by atoms with Gasteiger partial charge in [-0.2, -0.15) is 0 Å². The summed E-state index contributed by atoms with van der Waals surface area (Å²) in [5.74, 6) is 0.645. The van der Waals surface area contributed by atoms with Crippen molar-refractivity contribution in [3.8, 4) is 0 Å². The molecule has 1 aromatic carbocycles. The number of hydrogen-bond donors (Lipinski definition) is 0. The third-order valence-corrected chi connectivity index (χ3v) is 6.69. The smallest absolute Gasteiger partial charge is 0.173 e. The van der Waals surface area contributed by atoms with Gasteiger partial charge in [0, 0.05) is 11.8 Å². The molecule has 1 aliphatic carbocycles. The van der Waals surface area contributed by atoms with Gasteiger partial charge in [0.1, 0.15) is 0 Å². The van der Waals surface area contributed by atoms with E-state index in [1.54, 1.807) is 6.20 Å². The molecule has 1 heterocycles. The fourth-order valence-electron chi connectivity index (χ4n) is 3.86. The summed E-state index contributed by atoms with van der Waals surface area (Å²) in [7, 11) is 0. The van der Waals surface area contributed by atoms with Crippen LogP contribution in [0.3, 0.4) is 0 Å². The van der Waals surface area contributed by atoms with Gasteiger partial charge >= 0.3 is 0 Å². The van der Waals surface area contributed by atoms with Crippen LogP contribution in [0.5, 0.6) is 0 Å². The summed E-state index contributed by atoms with van der Waals surface area (Å²) in [5.41, 5.74) is 5.18. The van der Waals surface area contributed by atoms with Crippen LogP contribution < -0.4 is 0 Å². The van der Waals surface area contributed by atoms with Crippen molar-refractivity contribution < 1.29 is 4.79 Å². The third-order valence-electron chi connectivity index (χ3n) is 5.75. The first-order valence-corrected chi connectivity index (χ1v) is 10.5. The number of Topliss-reactive ketones (excluding diaryl/α,β-unsaturated/α-hetero) is 1. The number of benzene rings is 1. The lowest BCUT2D eigenvalue weighted by Crippen LogP contribution is -2.34. The number of aryl methyl sites for hydroxylation is 1. The number of pyridine rings is 1. The Hall–Kier alpha value is -1.61. The number of aromatic nitrogens is 1. The molecule has 0 fully saturated rings. The predicted molar refractivity (Wildman–Crippen MR) is 110 cm³/mol. The number of carbonyl (C=O) groups excluding carboxylic acids is 1. The Kier molecular flexibility index (Phi) is 5.30. The average Bonchev–Trinajstić information content (AvgIpc) is 2.63. The second kappa shape index (κ2) is 7.19. The SMILES string of the molecule is CCc1cc2c(cc1C(=O)CSc1ccccn1)C(C)(C)CCC2(C)C. The number of rotatable bonds is 5. The van der Waals surface area contributed by atoms with E-state index in [4.69, 9.17) is 0 Å². The molecule has 0 N–H and O–H groups in total. The topological polar surface area (TPSA) is 30.0 Å². The van der Waals surface area contributed by atoms with Gasteiger partial charge in [-0.05, 0) is 65.0 Å². The average molecular weight is 368 g/mol. The van der Waals surface area contributed by atoms with Crippen LogP contribution in [0.25, 0.3) is 0 Å². The zero-order valence-corrected chi connectivity index (χ0v) is 17.4. The molecule has 0 unspecified atom stereocenters. The van der Waals surface area contributed by atoms with Gasteiger partial charge in [-0.3, -0.25) is 4.79 Å². The number of ketones is 1. The maximum atomic E-state index is 13.0. The Morgan fingerprint density at radius 2 is 1.73 bits per heavy atom. The van der Waals surface area contributed by atoms with E-state index in [1.807, 2.05) is 18.2 Å². The Balaban J connectivity index is 1.95. The lowest BCUT2D eigenvalue weighted by Gasteiger charge is -2.42. The van der Waals surface area contributed by atoms with E-state index in [9.17, 15) is 4.79 Å². The standard InChI is InChI=1S/C23H29NOS/c1-6-16-13-18-19(23(4,5)11-10-22(18,2)3)14-17(16)20(25)15-26-21-9-7-8-12-24-21/h7-9,12-14H,6,10-11,15H2,1-5H3. The van der Waals surface area contributed by atoms with Gasteiger partial charge in [-0.1, -0.05) is 58.5 Å². The van der Waals surface area contributed by atoms with Crippen LogP contribution in [-0.2, 0) is 17.3 Å². The van der Waals surface area contributed by atoms with Crippen molar-refractivity contribution >= 4 is 17.5 Å². The molecular weight excluding hydrogens is 338 g/mol. The van der Waals surface area contributed by atoms with Gasteiger partial charge < -0.3 is 0 Å². The summed E-state index contributed by atoms with van der Waals surface area (Å²) in [5, 5.41) is 0.901. The molecule has 3 rings (SSSR count). The van der Waals surface area contributed by atoms with Crippen molar-refractivity contribution in [3.63, 3.8) is 0 Å². The Morgan fingerprint density at radius 1 is 1.08 bits per heavy atom. The number of fused-ring (bicyclic) bond motifs is 1. The molecular formula is C23H29NOS. The molecule has 3 heteroatoms. The van der Waals surface area contributed by atoms with Gasteiger partial charge in [0.2, 0.25) is 0 Å². The summed E-state index contributed by atoms with van der Waals surface area (Å²) in [6.45, 7) is 11.4. The van der Waals surface area contributed by atoms with Gasteiger partial charge in [0.15, 0.2) is 5.78 Å². The summed E-state index contributed by atoms with van der Waals surface area (Å²) in [4.78, 5) is 17.3. The minimum Gasteiger partial charge on any atom is -0.293 e. The lowest BCUT2D eigenvalue weighted by atomic mass is 9.62. The highest BCUT2D eigenvalue weighted by atomic mass is 32.2. The zero-order valence-electron chi connectivity index (χ0n) is 16.6. The van der Waals surface area contributed by atoms with E-state index < -0.39 is 0 Å². The highest BCUT2D eigenvalue weighted by molar-refractivity contribution is 7.99. The van der Waals surface area contributed by atoms with Gasteiger partial charge in [-0.15, -0.1) is 0 Å². The second-order valence-corrected chi connectivity index (χ2v) is 9.55. The number of nitrogens with zero attached hydrogens (tertiary/aromatic N) is 1. The first-order valence-electron chi connectivity index (χ1n) is 9.49. The molecule has 2 nitrogen and oxygen atoms in total. The first kappa shape index (κ1) is 19.2. The van der Waals surface area contributed by atoms with E-state index in [2.05, 4.69) is 51.7 Å². The van der Waals surface area contributed by atoms with Gasteiger partial charge in [0.25, 0.3) is 0 Å². The number of carbonyl (C=O) groups is 1. The van der Waals surface area contributed by atoms with E-state index in [0.29, 0.717) is 5.75 Å².